The maximum atomic E-state index is 2.43. The Morgan fingerprint density at radius 1 is 0.733 bits per heavy atom. The van der Waals surface area contributed by atoms with Gasteiger partial charge in [-0.1, -0.05) is 54.9 Å². The van der Waals surface area contributed by atoms with Gasteiger partial charge in [-0.15, -0.1) is 0 Å². The highest BCUT2D eigenvalue weighted by Crippen LogP contribution is 2.28. The predicted molar refractivity (Wildman–Crippen MR) is 71.0 cm³/mol. The van der Waals surface area contributed by atoms with Gasteiger partial charge in [0, 0.05) is 0 Å². The molecular formula is C15H32. The second-order valence-electron chi connectivity index (χ2n) is 6.21. The molecule has 0 radical (unpaired) electrons. The molecule has 0 heteroatoms. The summed E-state index contributed by atoms with van der Waals surface area (Å²) in [5, 5.41) is 0. The van der Waals surface area contributed by atoms with Crippen molar-refractivity contribution in [3.05, 3.63) is 0 Å². The summed E-state index contributed by atoms with van der Waals surface area (Å²) in [6.07, 6.45) is 4.17. The Morgan fingerprint density at radius 2 is 1.27 bits per heavy atom. The molecule has 0 aromatic heterocycles. The standard InChI is InChI=1S/C15H32/c1-8-15(12(4)5)10-13(6)9-14(7)11(2)3/h11-15H,8-10H2,1-7H3. The lowest BCUT2D eigenvalue weighted by Gasteiger charge is -2.26. The summed E-state index contributed by atoms with van der Waals surface area (Å²) in [7, 11) is 0. The van der Waals surface area contributed by atoms with E-state index >= 15 is 0 Å². The summed E-state index contributed by atoms with van der Waals surface area (Å²) in [6, 6.07) is 0. The fraction of sp³-hybridized carbons (Fsp3) is 1.00. The molecule has 15 heavy (non-hydrogen) atoms. The summed E-state index contributed by atoms with van der Waals surface area (Å²) in [5.41, 5.74) is 0. The number of hydrogen-bond donors (Lipinski definition) is 0. The molecule has 0 aliphatic rings. The first-order valence-electron chi connectivity index (χ1n) is 6.88. The van der Waals surface area contributed by atoms with Gasteiger partial charge in [0.05, 0.1) is 0 Å². The maximum Gasteiger partial charge on any atom is -0.0391 e. The topological polar surface area (TPSA) is 0 Å². The Bertz CT molecular complexity index is 146. The average molecular weight is 212 g/mol. The lowest BCUT2D eigenvalue weighted by molar-refractivity contribution is 0.251. The molecule has 0 spiro atoms. The van der Waals surface area contributed by atoms with E-state index in [-0.39, 0.29) is 0 Å². The first kappa shape index (κ1) is 15.0. The van der Waals surface area contributed by atoms with Gasteiger partial charge in [-0.3, -0.25) is 0 Å². The highest BCUT2D eigenvalue weighted by molar-refractivity contribution is 4.68. The lowest BCUT2D eigenvalue weighted by Crippen LogP contribution is -2.15. The van der Waals surface area contributed by atoms with Crippen LogP contribution in [0.2, 0.25) is 0 Å². The Labute approximate surface area is 97.8 Å². The Balaban J connectivity index is 3.95. The molecule has 0 aliphatic carbocycles. The molecule has 0 heterocycles. The van der Waals surface area contributed by atoms with E-state index in [4.69, 9.17) is 0 Å². The van der Waals surface area contributed by atoms with Crippen molar-refractivity contribution in [3.63, 3.8) is 0 Å². The molecule has 0 bridgehead atoms. The minimum absolute atomic E-state index is 0.839. The van der Waals surface area contributed by atoms with Crippen LogP contribution in [0, 0.1) is 29.6 Å². The van der Waals surface area contributed by atoms with Crippen LogP contribution in [-0.2, 0) is 0 Å². The maximum absolute atomic E-state index is 2.43. The third-order valence-corrected chi connectivity index (χ3v) is 4.08. The van der Waals surface area contributed by atoms with E-state index in [2.05, 4.69) is 48.5 Å². The van der Waals surface area contributed by atoms with Gasteiger partial charge in [-0.2, -0.15) is 0 Å². The van der Waals surface area contributed by atoms with Gasteiger partial charge < -0.3 is 0 Å². The average Bonchev–Trinajstić information content (AvgIpc) is 2.13. The Kier molecular flexibility index (Phi) is 7.30. The van der Waals surface area contributed by atoms with Crippen LogP contribution in [0.15, 0.2) is 0 Å². The van der Waals surface area contributed by atoms with Crippen LogP contribution >= 0.6 is 0 Å². The van der Waals surface area contributed by atoms with Crippen molar-refractivity contribution in [2.75, 3.05) is 0 Å². The molecule has 3 atom stereocenters. The molecule has 0 saturated heterocycles. The molecule has 0 aromatic rings. The van der Waals surface area contributed by atoms with Gasteiger partial charge in [0.15, 0.2) is 0 Å². The van der Waals surface area contributed by atoms with E-state index in [1.165, 1.54) is 19.3 Å². The second kappa shape index (κ2) is 7.30. The van der Waals surface area contributed by atoms with Gasteiger partial charge >= 0.3 is 0 Å². The van der Waals surface area contributed by atoms with Crippen LogP contribution < -0.4 is 0 Å². The van der Waals surface area contributed by atoms with Crippen molar-refractivity contribution in [2.45, 2.75) is 67.7 Å². The van der Waals surface area contributed by atoms with Crippen LogP contribution in [0.25, 0.3) is 0 Å². The van der Waals surface area contributed by atoms with E-state index in [9.17, 15) is 0 Å². The molecule has 0 aliphatic heterocycles. The van der Waals surface area contributed by atoms with Gasteiger partial charge in [-0.05, 0) is 42.4 Å². The zero-order valence-electron chi connectivity index (χ0n) is 12.0. The van der Waals surface area contributed by atoms with Gasteiger partial charge in [0.1, 0.15) is 0 Å². The summed E-state index contributed by atoms with van der Waals surface area (Å²) in [4.78, 5) is 0. The second-order valence-corrected chi connectivity index (χ2v) is 6.21. The monoisotopic (exact) mass is 212 g/mol. The predicted octanol–water partition coefficient (Wildman–Crippen LogP) is 5.38. The molecule has 0 N–H and O–H groups in total. The molecule has 92 valence electrons. The van der Waals surface area contributed by atoms with E-state index in [1.54, 1.807) is 0 Å². The third kappa shape index (κ3) is 6.22. The van der Waals surface area contributed by atoms with Crippen LogP contribution in [0.1, 0.15) is 67.7 Å². The molecule has 0 fully saturated rings. The Hall–Kier alpha value is 0. The lowest BCUT2D eigenvalue weighted by atomic mass is 9.80. The van der Waals surface area contributed by atoms with Crippen LogP contribution in [-0.4, -0.2) is 0 Å². The van der Waals surface area contributed by atoms with Crippen molar-refractivity contribution in [1.29, 1.82) is 0 Å². The van der Waals surface area contributed by atoms with Crippen molar-refractivity contribution in [3.8, 4) is 0 Å². The molecule has 3 unspecified atom stereocenters. The van der Waals surface area contributed by atoms with Crippen LogP contribution in [0.4, 0.5) is 0 Å². The molecule has 0 nitrogen and oxygen atoms in total. The first-order chi connectivity index (χ1) is 6.88. The first-order valence-corrected chi connectivity index (χ1v) is 6.88. The highest BCUT2D eigenvalue weighted by Gasteiger charge is 2.17. The van der Waals surface area contributed by atoms with E-state index in [0.29, 0.717) is 0 Å². The van der Waals surface area contributed by atoms with Crippen LogP contribution in [0.5, 0.6) is 0 Å². The van der Waals surface area contributed by atoms with Crippen molar-refractivity contribution in [1.82, 2.24) is 0 Å². The van der Waals surface area contributed by atoms with Gasteiger partial charge in [-0.25, -0.2) is 0 Å². The normalized spacial score (nSPS) is 18.2. The Morgan fingerprint density at radius 3 is 1.60 bits per heavy atom. The van der Waals surface area contributed by atoms with E-state index < -0.39 is 0 Å². The van der Waals surface area contributed by atoms with Crippen molar-refractivity contribution < 1.29 is 0 Å². The summed E-state index contributed by atoms with van der Waals surface area (Å²) >= 11 is 0. The summed E-state index contributed by atoms with van der Waals surface area (Å²) in [5.74, 6) is 4.40. The van der Waals surface area contributed by atoms with Crippen molar-refractivity contribution >= 4 is 0 Å². The van der Waals surface area contributed by atoms with Crippen molar-refractivity contribution in [2.24, 2.45) is 29.6 Å². The van der Waals surface area contributed by atoms with Crippen LogP contribution in [0.3, 0.4) is 0 Å². The molecular weight excluding hydrogens is 180 g/mol. The largest absolute Gasteiger partial charge is 0.0651 e. The highest BCUT2D eigenvalue weighted by atomic mass is 14.2. The van der Waals surface area contributed by atoms with Gasteiger partial charge in [0.2, 0.25) is 0 Å². The fourth-order valence-corrected chi connectivity index (χ4v) is 2.43. The van der Waals surface area contributed by atoms with Gasteiger partial charge in [0.25, 0.3) is 0 Å². The molecule has 0 aromatic carbocycles. The molecule has 0 rings (SSSR count). The number of rotatable bonds is 7. The van der Waals surface area contributed by atoms with E-state index in [0.717, 1.165) is 29.6 Å². The smallest absolute Gasteiger partial charge is 0.0391 e. The summed E-state index contributed by atoms with van der Waals surface area (Å²) < 4.78 is 0. The third-order valence-electron chi connectivity index (χ3n) is 4.08. The molecule has 0 amide bonds. The minimum Gasteiger partial charge on any atom is -0.0651 e. The zero-order valence-corrected chi connectivity index (χ0v) is 12.0. The van der Waals surface area contributed by atoms with E-state index in [1.807, 2.05) is 0 Å². The quantitative estimate of drug-likeness (QED) is 0.531. The fourth-order valence-electron chi connectivity index (χ4n) is 2.43. The minimum atomic E-state index is 0.839. The summed E-state index contributed by atoms with van der Waals surface area (Å²) in [6.45, 7) is 16.6. The number of hydrogen-bond acceptors (Lipinski definition) is 0. The molecule has 0 saturated carbocycles. The zero-order chi connectivity index (χ0) is 12.0. The SMILES string of the molecule is CCC(CC(C)CC(C)C(C)C)C(C)C.